The van der Waals surface area contributed by atoms with Crippen molar-refractivity contribution in [2.24, 2.45) is 5.92 Å². The van der Waals surface area contributed by atoms with Crippen molar-refractivity contribution < 1.29 is 24.3 Å². The lowest BCUT2D eigenvalue weighted by atomic mass is 9.89. The molecular weight excluding hydrogens is 422 g/mol. The number of carbonyl (C=O) groups is 2. The van der Waals surface area contributed by atoms with Gasteiger partial charge in [-0.25, -0.2) is 14.6 Å². The third kappa shape index (κ3) is 5.46. The van der Waals surface area contributed by atoms with Crippen molar-refractivity contribution in [1.82, 2.24) is 10.1 Å². The van der Waals surface area contributed by atoms with Crippen LogP contribution in [0.4, 0.5) is 15.4 Å². The highest BCUT2D eigenvalue weighted by Crippen LogP contribution is 2.30. The first-order chi connectivity index (χ1) is 16.0. The van der Waals surface area contributed by atoms with Crippen LogP contribution in [0.5, 0.6) is 0 Å². The van der Waals surface area contributed by atoms with E-state index in [2.05, 4.69) is 34.4 Å². The van der Waals surface area contributed by atoms with Gasteiger partial charge in [-0.05, 0) is 42.0 Å². The molecule has 4 rings (SSSR count). The number of carboxylic acid groups (broad SMARTS) is 2. The molecule has 170 valence electrons. The standard InChI is InChI=1S/C25H25N3O5/c29-24(30)28(25(31)32)23-21(7-4-14-26-23)22-16-20(27-33-22)15-19-12-10-18(11-13-19)9-8-17-5-2-1-3-6-17/h4,7-14,16-17H,1-3,5-6,15H2,(H,29,30)(H,31,32)/b9-8+. The molecule has 8 heteroatoms. The van der Waals surface area contributed by atoms with Gasteiger partial charge in [-0.1, -0.05) is 60.8 Å². The summed E-state index contributed by atoms with van der Waals surface area (Å²) in [6.07, 6.45) is 9.58. The molecule has 2 heterocycles. The Morgan fingerprint density at radius 3 is 2.48 bits per heavy atom. The van der Waals surface area contributed by atoms with Gasteiger partial charge in [0.1, 0.15) is 0 Å². The Bertz CT molecular complexity index is 1130. The summed E-state index contributed by atoms with van der Waals surface area (Å²) in [5, 5.41) is 22.6. The van der Waals surface area contributed by atoms with E-state index in [1.807, 2.05) is 12.1 Å². The number of rotatable bonds is 6. The zero-order valence-corrected chi connectivity index (χ0v) is 18.1. The largest absolute Gasteiger partial charge is 0.464 e. The van der Waals surface area contributed by atoms with E-state index in [0.717, 1.165) is 11.1 Å². The number of aromatic nitrogens is 2. The van der Waals surface area contributed by atoms with E-state index in [0.29, 0.717) is 18.0 Å². The first-order valence-corrected chi connectivity index (χ1v) is 11.0. The SMILES string of the molecule is O=C(O)N(C(=O)O)c1ncccc1-c1cc(Cc2ccc(/C=C/C3CCCCC3)cc2)no1. The molecule has 1 aliphatic rings. The van der Waals surface area contributed by atoms with Gasteiger partial charge in [-0.15, -0.1) is 0 Å². The fourth-order valence-corrected chi connectivity index (χ4v) is 4.08. The maximum absolute atomic E-state index is 11.4. The topological polar surface area (TPSA) is 117 Å². The van der Waals surface area contributed by atoms with E-state index >= 15 is 0 Å². The van der Waals surface area contributed by atoms with Crippen molar-refractivity contribution in [2.45, 2.75) is 38.5 Å². The first-order valence-electron chi connectivity index (χ1n) is 11.0. The van der Waals surface area contributed by atoms with Crippen molar-refractivity contribution >= 4 is 24.1 Å². The third-order valence-corrected chi connectivity index (χ3v) is 5.78. The number of anilines is 1. The number of hydrogen-bond acceptors (Lipinski definition) is 5. The molecule has 0 radical (unpaired) electrons. The molecule has 0 saturated heterocycles. The van der Waals surface area contributed by atoms with Crippen LogP contribution >= 0.6 is 0 Å². The lowest BCUT2D eigenvalue weighted by Gasteiger charge is -2.17. The van der Waals surface area contributed by atoms with Crippen molar-refractivity contribution in [2.75, 3.05) is 4.90 Å². The molecule has 1 aromatic carbocycles. The van der Waals surface area contributed by atoms with Crippen molar-refractivity contribution in [3.05, 3.63) is 71.6 Å². The smallest absolute Gasteiger partial charge is 0.422 e. The van der Waals surface area contributed by atoms with Crippen LogP contribution < -0.4 is 4.90 Å². The van der Waals surface area contributed by atoms with Gasteiger partial charge in [0.05, 0.1) is 11.3 Å². The Balaban J connectivity index is 1.47. The Hall–Kier alpha value is -3.94. The number of amides is 2. The van der Waals surface area contributed by atoms with Gasteiger partial charge >= 0.3 is 12.2 Å². The van der Waals surface area contributed by atoms with E-state index in [1.54, 1.807) is 18.2 Å². The van der Waals surface area contributed by atoms with Gasteiger partial charge in [0, 0.05) is 18.7 Å². The van der Waals surface area contributed by atoms with Gasteiger partial charge in [0.25, 0.3) is 0 Å². The second-order valence-corrected chi connectivity index (χ2v) is 8.13. The summed E-state index contributed by atoms with van der Waals surface area (Å²) in [5.74, 6) is 0.671. The third-order valence-electron chi connectivity index (χ3n) is 5.78. The maximum Gasteiger partial charge on any atom is 0.422 e. The first kappa shape index (κ1) is 22.3. The summed E-state index contributed by atoms with van der Waals surface area (Å²) in [4.78, 5) is 26.9. The summed E-state index contributed by atoms with van der Waals surface area (Å²) in [6, 6.07) is 13.0. The molecule has 1 saturated carbocycles. The summed E-state index contributed by atoms with van der Waals surface area (Å²) in [6.45, 7) is 0. The molecule has 0 bridgehead atoms. The predicted molar refractivity (Wildman–Crippen MR) is 123 cm³/mol. The zero-order chi connectivity index (χ0) is 23.2. The number of pyridine rings is 1. The van der Waals surface area contributed by atoms with Crippen LogP contribution in [-0.2, 0) is 6.42 Å². The van der Waals surface area contributed by atoms with Gasteiger partial charge in [-0.3, -0.25) is 0 Å². The minimum Gasteiger partial charge on any atom is -0.464 e. The van der Waals surface area contributed by atoms with E-state index in [4.69, 9.17) is 4.52 Å². The minimum atomic E-state index is -1.65. The molecule has 1 fully saturated rings. The highest BCUT2D eigenvalue weighted by molar-refractivity contribution is 6.09. The van der Waals surface area contributed by atoms with Gasteiger partial charge < -0.3 is 14.7 Å². The Morgan fingerprint density at radius 1 is 1.06 bits per heavy atom. The second kappa shape index (κ2) is 10.1. The fourth-order valence-electron chi connectivity index (χ4n) is 4.08. The zero-order valence-electron chi connectivity index (χ0n) is 18.1. The predicted octanol–water partition coefficient (Wildman–Crippen LogP) is 6.08. The second-order valence-electron chi connectivity index (χ2n) is 8.13. The average Bonchev–Trinajstić information content (AvgIpc) is 3.27. The highest BCUT2D eigenvalue weighted by atomic mass is 16.5. The quantitative estimate of drug-likeness (QED) is 0.470. The molecule has 2 aromatic heterocycles. The number of hydrogen-bond donors (Lipinski definition) is 2. The number of nitrogens with zero attached hydrogens (tertiary/aromatic N) is 3. The average molecular weight is 447 g/mol. The van der Waals surface area contributed by atoms with Crippen LogP contribution in [0.25, 0.3) is 17.4 Å². The number of imide groups is 1. The summed E-state index contributed by atoms with van der Waals surface area (Å²) in [5.41, 5.74) is 3.08. The number of benzene rings is 1. The van der Waals surface area contributed by atoms with Crippen molar-refractivity contribution in [1.29, 1.82) is 0 Å². The van der Waals surface area contributed by atoms with Crippen LogP contribution in [0, 0.1) is 5.92 Å². The van der Waals surface area contributed by atoms with Crippen molar-refractivity contribution in [3.8, 4) is 11.3 Å². The van der Waals surface area contributed by atoms with Gasteiger partial charge in [-0.2, -0.15) is 4.90 Å². The lowest BCUT2D eigenvalue weighted by molar-refractivity contribution is 0.184. The Kier molecular flexibility index (Phi) is 6.83. The van der Waals surface area contributed by atoms with Crippen LogP contribution in [0.3, 0.4) is 0 Å². The van der Waals surface area contributed by atoms with E-state index in [1.165, 1.54) is 38.3 Å². The molecule has 2 N–H and O–H groups in total. The van der Waals surface area contributed by atoms with Gasteiger partial charge in [0.2, 0.25) is 0 Å². The lowest BCUT2D eigenvalue weighted by Crippen LogP contribution is -2.35. The van der Waals surface area contributed by atoms with Crippen LogP contribution in [-0.4, -0.2) is 32.5 Å². The molecular formula is C25H25N3O5. The van der Waals surface area contributed by atoms with Gasteiger partial charge in [0.15, 0.2) is 11.6 Å². The molecule has 0 spiro atoms. The monoisotopic (exact) mass is 447 g/mol. The molecule has 3 aromatic rings. The van der Waals surface area contributed by atoms with Crippen LogP contribution in [0.1, 0.15) is 48.9 Å². The minimum absolute atomic E-state index is 0.150. The molecule has 1 aliphatic carbocycles. The van der Waals surface area contributed by atoms with Crippen molar-refractivity contribution in [3.63, 3.8) is 0 Å². The van der Waals surface area contributed by atoms with Crippen LogP contribution in [0.2, 0.25) is 0 Å². The molecule has 2 amide bonds. The van der Waals surface area contributed by atoms with E-state index in [9.17, 15) is 19.8 Å². The molecule has 0 aliphatic heterocycles. The molecule has 0 unspecified atom stereocenters. The summed E-state index contributed by atoms with van der Waals surface area (Å²) in [7, 11) is 0. The Morgan fingerprint density at radius 2 is 1.79 bits per heavy atom. The normalized spacial score (nSPS) is 14.4. The summed E-state index contributed by atoms with van der Waals surface area (Å²) < 4.78 is 5.39. The van der Waals surface area contributed by atoms with E-state index in [-0.39, 0.29) is 22.0 Å². The molecule has 0 atom stereocenters. The molecule has 8 nitrogen and oxygen atoms in total. The van der Waals surface area contributed by atoms with E-state index < -0.39 is 12.2 Å². The number of allylic oxidation sites excluding steroid dienone is 1. The summed E-state index contributed by atoms with van der Waals surface area (Å²) >= 11 is 0. The fraction of sp³-hybridized carbons (Fsp3) is 0.280. The maximum atomic E-state index is 11.4. The highest BCUT2D eigenvalue weighted by Gasteiger charge is 2.27. The molecule has 33 heavy (non-hydrogen) atoms. The Labute approximate surface area is 191 Å². The van der Waals surface area contributed by atoms with Crippen LogP contribution in [0.15, 0.2) is 59.3 Å².